The van der Waals surface area contributed by atoms with Crippen molar-refractivity contribution < 1.29 is 0 Å². The number of nitrogens with one attached hydrogen (secondary N) is 1. The molecular formula is C15H29N. The van der Waals surface area contributed by atoms with Crippen LogP contribution >= 0.6 is 0 Å². The quantitative estimate of drug-likeness (QED) is 0.541. The Labute approximate surface area is 102 Å². The molecule has 0 aromatic heterocycles. The van der Waals surface area contributed by atoms with Gasteiger partial charge in [-0.25, -0.2) is 0 Å². The minimum Gasteiger partial charge on any atom is -0.310 e. The zero-order chi connectivity index (χ0) is 11.8. The van der Waals surface area contributed by atoms with Crippen LogP contribution in [0.3, 0.4) is 0 Å². The van der Waals surface area contributed by atoms with Crippen molar-refractivity contribution in [1.29, 1.82) is 0 Å². The number of hydrogen-bond donors (Lipinski definition) is 1. The normalized spacial score (nSPS) is 20.2. The monoisotopic (exact) mass is 223 g/mol. The Bertz CT molecular complexity index is 195. The molecule has 1 fully saturated rings. The summed E-state index contributed by atoms with van der Waals surface area (Å²) in [5, 5.41) is 3.72. The fourth-order valence-electron chi connectivity index (χ4n) is 2.70. The topological polar surface area (TPSA) is 12.0 Å². The molecule has 1 unspecified atom stereocenters. The molecule has 1 N–H and O–H groups in total. The van der Waals surface area contributed by atoms with Crippen LogP contribution in [0.15, 0.2) is 11.6 Å². The van der Waals surface area contributed by atoms with Crippen molar-refractivity contribution in [3.05, 3.63) is 11.6 Å². The van der Waals surface area contributed by atoms with E-state index >= 15 is 0 Å². The minimum atomic E-state index is 0.628. The highest BCUT2D eigenvalue weighted by atomic mass is 14.9. The number of hydrogen-bond acceptors (Lipinski definition) is 1. The largest absolute Gasteiger partial charge is 0.310 e. The second kappa shape index (κ2) is 7.89. The second-order valence-corrected chi connectivity index (χ2v) is 5.48. The first-order valence-electron chi connectivity index (χ1n) is 7.12. The third-order valence-corrected chi connectivity index (χ3v) is 3.55. The van der Waals surface area contributed by atoms with Gasteiger partial charge in [-0.2, -0.15) is 0 Å². The molecule has 1 nitrogen and oxygen atoms in total. The number of allylic oxidation sites excluding steroid dienone is 1. The van der Waals surface area contributed by atoms with Crippen LogP contribution in [0.2, 0.25) is 0 Å². The highest BCUT2D eigenvalue weighted by molar-refractivity contribution is 5.03. The molecule has 16 heavy (non-hydrogen) atoms. The van der Waals surface area contributed by atoms with Crippen molar-refractivity contribution >= 4 is 0 Å². The maximum atomic E-state index is 3.72. The summed E-state index contributed by atoms with van der Waals surface area (Å²) in [6.45, 7) is 7.85. The van der Waals surface area contributed by atoms with Gasteiger partial charge in [-0.15, -0.1) is 0 Å². The maximum absolute atomic E-state index is 3.72. The minimum absolute atomic E-state index is 0.628. The fourth-order valence-corrected chi connectivity index (χ4v) is 2.70. The zero-order valence-corrected chi connectivity index (χ0v) is 11.4. The van der Waals surface area contributed by atoms with Gasteiger partial charge in [0.15, 0.2) is 0 Å². The maximum Gasteiger partial charge on any atom is 0.0280 e. The van der Waals surface area contributed by atoms with Crippen LogP contribution in [0.25, 0.3) is 0 Å². The summed E-state index contributed by atoms with van der Waals surface area (Å²) in [5.74, 6) is 0.879. The molecule has 0 spiro atoms. The lowest BCUT2D eigenvalue weighted by Crippen LogP contribution is -2.35. The molecule has 1 aliphatic rings. The molecule has 0 amide bonds. The summed E-state index contributed by atoms with van der Waals surface area (Å²) in [4.78, 5) is 0. The van der Waals surface area contributed by atoms with Crippen LogP contribution in [-0.4, -0.2) is 12.6 Å². The molecule has 1 saturated carbocycles. The lowest BCUT2D eigenvalue weighted by Gasteiger charge is -2.25. The molecule has 0 aromatic carbocycles. The first-order chi connectivity index (χ1) is 7.74. The molecule has 0 aliphatic heterocycles. The smallest absolute Gasteiger partial charge is 0.0280 e. The van der Waals surface area contributed by atoms with Crippen molar-refractivity contribution in [2.75, 3.05) is 6.54 Å². The second-order valence-electron chi connectivity index (χ2n) is 5.48. The molecule has 1 rings (SSSR count). The van der Waals surface area contributed by atoms with Gasteiger partial charge < -0.3 is 5.32 Å². The van der Waals surface area contributed by atoms with E-state index in [4.69, 9.17) is 0 Å². The number of rotatable bonds is 5. The zero-order valence-electron chi connectivity index (χ0n) is 11.4. The molecule has 0 bridgehead atoms. The molecule has 94 valence electrons. The third kappa shape index (κ3) is 5.16. The van der Waals surface area contributed by atoms with E-state index in [-0.39, 0.29) is 0 Å². The van der Waals surface area contributed by atoms with Crippen LogP contribution in [0, 0.1) is 5.92 Å². The van der Waals surface area contributed by atoms with E-state index in [2.05, 4.69) is 32.2 Å². The van der Waals surface area contributed by atoms with Gasteiger partial charge in [0.2, 0.25) is 0 Å². The predicted octanol–water partition coefficient (Wildman–Crippen LogP) is 4.29. The van der Waals surface area contributed by atoms with Gasteiger partial charge in [-0.1, -0.05) is 44.3 Å². The lowest BCUT2D eigenvalue weighted by molar-refractivity contribution is 0.364. The SMILES string of the molecule is CCCNC(C=C(C)C)C1CCCCCC1. The molecule has 1 aliphatic carbocycles. The molecular weight excluding hydrogens is 194 g/mol. The van der Waals surface area contributed by atoms with Gasteiger partial charge >= 0.3 is 0 Å². The molecule has 0 saturated heterocycles. The summed E-state index contributed by atoms with van der Waals surface area (Å²) in [6, 6.07) is 0.628. The van der Waals surface area contributed by atoms with Gasteiger partial charge in [0.1, 0.15) is 0 Å². The van der Waals surface area contributed by atoms with Crippen LogP contribution in [0.1, 0.15) is 65.7 Å². The highest BCUT2D eigenvalue weighted by Crippen LogP contribution is 2.26. The Morgan fingerprint density at radius 3 is 2.31 bits per heavy atom. The van der Waals surface area contributed by atoms with Crippen molar-refractivity contribution in [1.82, 2.24) is 5.32 Å². The third-order valence-electron chi connectivity index (χ3n) is 3.55. The Balaban J connectivity index is 2.54. The Morgan fingerprint density at radius 2 is 1.81 bits per heavy atom. The van der Waals surface area contributed by atoms with Crippen LogP contribution in [0.5, 0.6) is 0 Å². The first kappa shape index (κ1) is 13.8. The first-order valence-corrected chi connectivity index (χ1v) is 7.12. The van der Waals surface area contributed by atoms with Crippen LogP contribution < -0.4 is 5.32 Å². The summed E-state index contributed by atoms with van der Waals surface area (Å²) in [7, 11) is 0. The van der Waals surface area contributed by atoms with Crippen molar-refractivity contribution in [2.24, 2.45) is 5.92 Å². The Hall–Kier alpha value is -0.300. The molecule has 0 radical (unpaired) electrons. The Kier molecular flexibility index (Phi) is 6.79. The van der Waals surface area contributed by atoms with E-state index in [0.29, 0.717) is 6.04 Å². The van der Waals surface area contributed by atoms with E-state index in [1.54, 1.807) is 0 Å². The van der Waals surface area contributed by atoms with E-state index in [9.17, 15) is 0 Å². The Morgan fingerprint density at radius 1 is 1.19 bits per heavy atom. The van der Waals surface area contributed by atoms with Crippen LogP contribution in [0.4, 0.5) is 0 Å². The van der Waals surface area contributed by atoms with Crippen molar-refractivity contribution in [3.8, 4) is 0 Å². The fraction of sp³-hybridized carbons (Fsp3) is 0.867. The van der Waals surface area contributed by atoms with Gasteiger partial charge in [0.05, 0.1) is 0 Å². The summed E-state index contributed by atoms with van der Waals surface area (Å²) >= 11 is 0. The molecule has 0 heterocycles. The van der Waals surface area contributed by atoms with E-state index in [1.807, 2.05) is 0 Å². The highest BCUT2D eigenvalue weighted by Gasteiger charge is 2.20. The van der Waals surface area contributed by atoms with E-state index in [0.717, 1.165) is 12.5 Å². The van der Waals surface area contributed by atoms with E-state index in [1.165, 1.54) is 50.5 Å². The summed E-state index contributed by atoms with van der Waals surface area (Å²) < 4.78 is 0. The van der Waals surface area contributed by atoms with Gasteiger partial charge in [-0.3, -0.25) is 0 Å². The van der Waals surface area contributed by atoms with Gasteiger partial charge in [-0.05, 0) is 45.6 Å². The predicted molar refractivity (Wildman–Crippen MR) is 72.7 cm³/mol. The summed E-state index contributed by atoms with van der Waals surface area (Å²) in [5.41, 5.74) is 1.46. The molecule has 1 heteroatoms. The lowest BCUT2D eigenvalue weighted by atomic mass is 9.90. The van der Waals surface area contributed by atoms with Crippen molar-refractivity contribution in [3.63, 3.8) is 0 Å². The molecule has 0 aromatic rings. The summed E-state index contributed by atoms with van der Waals surface area (Å²) in [6.07, 6.45) is 12.3. The van der Waals surface area contributed by atoms with Gasteiger partial charge in [0.25, 0.3) is 0 Å². The van der Waals surface area contributed by atoms with Gasteiger partial charge in [0, 0.05) is 6.04 Å². The average Bonchev–Trinajstić information content (AvgIpc) is 2.52. The average molecular weight is 223 g/mol. The molecule has 1 atom stereocenters. The van der Waals surface area contributed by atoms with Crippen LogP contribution in [-0.2, 0) is 0 Å². The van der Waals surface area contributed by atoms with Crippen molar-refractivity contribution in [2.45, 2.75) is 71.8 Å². The standard InChI is InChI=1S/C15H29N/c1-4-11-16-15(12-13(2)3)14-9-7-5-6-8-10-14/h12,14-16H,4-11H2,1-3H3. The van der Waals surface area contributed by atoms with E-state index < -0.39 is 0 Å².